The zero-order valence-corrected chi connectivity index (χ0v) is 53.9. The molecule has 15 aromatic carbocycles. The second-order valence-corrected chi connectivity index (χ2v) is 30.6. The van der Waals surface area contributed by atoms with Crippen molar-refractivity contribution in [1.82, 2.24) is 0 Å². The van der Waals surface area contributed by atoms with Gasteiger partial charge in [-0.1, -0.05) is 287 Å². The van der Waals surface area contributed by atoms with E-state index in [1.807, 2.05) is 18.2 Å². The lowest BCUT2D eigenvalue weighted by molar-refractivity contribution is -0.128. The second-order valence-electron chi connectivity index (χ2n) is 26.3. The fraction of sp³-hybridized carbons (Fsp3) is 0.102. The Labute approximate surface area is 550 Å². The molecule has 454 valence electrons. The Morgan fingerprint density at radius 1 is 0.351 bits per heavy atom. The molecule has 2 saturated carbocycles. The molecule has 2 aliphatic rings. The molecule has 2 unspecified atom stereocenters. The van der Waals surface area contributed by atoms with Crippen LogP contribution in [-0.2, 0) is 18.5 Å². The number of Topliss-reactive ketones (excluding diaryl/α,β-unsaturated/α-hetero) is 1. The zero-order valence-electron chi connectivity index (χ0n) is 52.3. The van der Waals surface area contributed by atoms with Crippen LogP contribution in [0.25, 0.3) is 131 Å². The first-order chi connectivity index (χ1) is 46.0. The lowest BCUT2D eigenvalue weighted by Crippen LogP contribution is -2.42. The number of hydrogen-bond acceptors (Lipinski definition) is 4. The highest BCUT2D eigenvalue weighted by Gasteiger charge is 2.66. The molecule has 0 radical (unpaired) electrons. The molecule has 0 amide bonds. The van der Waals surface area contributed by atoms with Crippen LogP contribution in [0.3, 0.4) is 0 Å². The van der Waals surface area contributed by atoms with Gasteiger partial charge in [-0.2, -0.15) is 8.42 Å². The molecule has 0 N–H and O–H groups in total. The minimum Gasteiger partial charge on any atom is -0.299 e. The van der Waals surface area contributed by atoms with Gasteiger partial charge in [-0.15, -0.1) is 0 Å². The van der Waals surface area contributed by atoms with Gasteiger partial charge in [0.05, 0.1) is 11.2 Å². The molecule has 0 saturated heterocycles. The van der Waals surface area contributed by atoms with Gasteiger partial charge in [0.25, 0.3) is 10.1 Å². The van der Waals surface area contributed by atoms with E-state index in [0.29, 0.717) is 17.7 Å². The lowest BCUT2D eigenvalue weighted by Gasteiger charge is -2.46. The van der Waals surface area contributed by atoms with Gasteiger partial charge in [-0.25, -0.2) is 3.63 Å². The summed E-state index contributed by atoms with van der Waals surface area (Å²) < 4.78 is 43.4. The van der Waals surface area contributed by atoms with E-state index in [-0.39, 0.29) is 11.7 Å². The molecule has 0 spiro atoms. The minimum absolute atomic E-state index is 0.000829. The molecule has 17 rings (SSSR count). The van der Waals surface area contributed by atoms with E-state index in [9.17, 15) is 0 Å². The van der Waals surface area contributed by atoms with Crippen molar-refractivity contribution < 1.29 is 16.8 Å². The molecule has 2 bridgehead atoms. The maximum Gasteiger partial charge on any atom is 0.278 e. The van der Waals surface area contributed by atoms with E-state index in [2.05, 4.69) is 305 Å². The summed E-state index contributed by atoms with van der Waals surface area (Å²) in [5, 5.41) is 12.5. The molecule has 2 aliphatic carbocycles. The van der Waals surface area contributed by atoms with Crippen LogP contribution in [0.2, 0.25) is 0 Å². The molecule has 0 heterocycles. The van der Waals surface area contributed by atoms with Crippen LogP contribution in [0.15, 0.2) is 324 Å². The van der Waals surface area contributed by atoms with Gasteiger partial charge in [0.15, 0.2) is 0 Å². The Balaban J connectivity index is 1.15. The third kappa shape index (κ3) is 9.21. The van der Waals surface area contributed by atoms with Crippen molar-refractivity contribution in [2.24, 2.45) is 16.7 Å². The maximum absolute atomic E-state index is 17.5. The predicted octanol–water partition coefficient (Wildman–Crippen LogP) is 23.5. The molecular formula is C88H66O4S2. The van der Waals surface area contributed by atoms with Crippen LogP contribution in [0, 0.1) is 16.7 Å². The molecule has 4 nitrogen and oxygen atoms in total. The molecule has 6 heteroatoms. The van der Waals surface area contributed by atoms with Gasteiger partial charge in [-0.05, 0) is 202 Å². The highest BCUT2D eigenvalue weighted by molar-refractivity contribution is 8.33. The number of benzene rings is 15. The third-order valence-electron chi connectivity index (χ3n) is 21.1. The van der Waals surface area contributed by atoms with Crippen molar-refractivity contribution in [3.63, 3.8) is 0 Å². The number of carbonyl (C=O) groups is 1. The van der Waals surface area contributed by atoms with E-state index >= 15 is 13.2 Å². The van der Waals surface area contributed by atoms with Crippen molar-refractivity contribution in [3.05, 3.63) is 309 Å². The fourth-order valence-corrected chi connectivity index (χ4v) is 23.1. The summed E-state index contributed by atoms with van der Waals surface area (Å²) in [7, 11) is -8.73. The summed E-state index contributed by atoms with van der Waals surface area (Å²) in [6.45, 7) is 4.24. The highest BCUT2D eigenvalue weighted by Crippen LogP contribution is 2.78. The van der Waals surface area contributed by atoms with E-state index in [4.69, 9.17) is 3.63 Å². The largest absolute Gasteiger partial charge is 0.299 e. The van der Waals surface area contributed by atoms with Crippen molar-refractivity contribution in [2.45, 2.75) is 47.8 Å². The Kier molecular flexibility index (Phi) is 13.8. The molecule has 15 aromatic rings. The van der Waals surface area contributed by atoms with Crippen LogP contribution in [0.5, 0.6) is 0 Å². The first-order valence-corrected chi connectivity index (χ1v) is 35.7. The van der Waals surface area contributed by atoms with E-state index in [1.54, 1.807) is 0 Å². The summed E-state index contributed by atoms with van der Waals surface area (Å²) >= 11 is 0. The third-order valence-corrected chi connectivity index (χ3v) is 26.6. The maximum atomic E-state index is 17.5. The van der Waals surface area contributed by atoms with Crippen LogP contribution in [0.4, 0.5) is 0 Å². The Hall–Kier alpha value is -10.2. The van der Waals surface area contributed by atoms with Crippen molar-refractivity contribution in [1.29, 1.82) is 0 Å². The summed E-state index contributed by atoms with van der Waals surface area (Å²) in [5.41, 5.74) is 9.13. The summed E-state index contributed by atoms with van der Waals surface area (Å²) in [6.07, 6.45) is 1.57. The summed E-state index contributed by atoms with van der Waals surface area (Å²) in [4.78, 5) is 17.2. The Morgan fingerprint density at radius 3 is 0.947 bits per heavy atom. The molecule has 0 aliphatic heterocycles. The van der Waals surface area contributed by atoms with Crippen molar-refractivity contribution in [2.75, 3.05) is 5.75 Å². The number of rotatable bonds is 13. The van der Waals surface area contributed by atoms with Crippen molar-refractivity contribution in [3.8, 4) is 66.8 Å². The van der Waals surface area contributed by atoms with E-state index in [1.165, 1.54) is 0 Å². The van der Waals surface area contributed by atoms with E-state index in [0.717, 1.165) is 148 Å². The minimum atomic E-state index is -4.85. The monoisotopic (exact) mass is 1250 g/mol. The molecule has 0 aromatic heterocycles. The van der Waals surface area contributed by atoms with Gasteiger partial charge >= 0.3 is 0 Å². The van der Waals surface area contributed by atoms with Gasteiger partial charge in [0.2, 0.25) is 0 Å². The van der Waals surface area contributed by atoms with E-state index < -0.39 is 37.0 Å². The smallest absolute Gasteiger partial charge is 0.278 e. The van der Waals surface area contributed by atoms with Crippen LogP contribution < -0.4 is 0 Å². The number of ketones is 1. The molecule has 2 atom stereocenters. The van der Waals surface area contributed by atoms with Gasteiger partial charge in [-0.3, -0.25) is 4.79 Å². The average molecular weight is 1250 g/mol. The first kappa shape index (κ1) is 57.7. The average Bonchev–Trinajstić information content (AvgIpc) is 1.69. The van der Waals surface area contributed by atoms with Crippen LogP contribution in [0.1, 0.15) is 33.1 Å². The molecule has 2 fully saturated rings. The fourth-order valence-electron chi connectivity index (χ4n) is 16.4. The number of fused-ring (bicyclic) bond motifs is 8. The van der Waals surface area contributed by atoms with Crippen LogP contribution >= 0.6 is 10.3 Å². The lowest BCUT2D eigenvalue weighted by atomic mass is 9.70. The Bertz CT molecular complexity index is 5190. The number of hydrogen-bond donors (Lipinski definition) is 0. The van der Waals surface area contributed by atoms with Gasteiger partial charge < -0.3 is 0 Å². The van der Waals surface area contributed by atoms with Gasteiger partial charge in [0, 0.05) is 21.1 Å². The normalized spacial score (nSPS) is 16.4. The SMILES string of the molecule is CC1(C)C2CCC1(CS(=O)(=O)OS(c1ccccc1)(c1c(-c3cccc4ccccc34)cc(-c3cccc4ccccc34)cc1-c1cccc3ccccc13)c1c(-c3cccc4ccccc34)cc(-c3cccc4ccccc34)cc1-c1cccc3ccccc13)C(=O)C2. The summed E-state index contributed by atoms with van der Waals surface area (Å²) in [6, 6.07) is 110. The number of carbonyl (C=O) groups excluding carboxylic acids is 1. The first-order valence-electron chi connectivity index (χ1n) is 32.6. The van der Waals surface area contributed by atoms with Crippen LogP contribution in [-0.4, -0.2) is 20.0 Å². The Morgan fingerprint density at radius 2 is 0.638 bits per heavy atom. The molecule has 94 heavy (non-hydrogen) atoms. The van der Waals surface area contributed by atoms with Crippen molar-refractivity contribution >= 4 is 90.8 Å². The quantitative estimate of drug-likeness (QED) is 0.115. The standard InChI is InChI=1S/C88H66O4S2/c1-87(2)66-50-51-88(87,84(89)56-66)57-93(90,91)92-94(67-36-4-3-5-37-67,85-80(76-46-20-32-60-26-8-14-40-70(60)76)52-64(74-44-18-30-58-24-6-12-38-68(58)74)53-81(85)77-47-21-33-61-27-9-15-41-71(61)77)86-82(78-48-22-34-62-28-10-16-42-72(62)78)54-65(75-45-19-31-59-25-7-13-39-69(59)75)55-83(86)79-49-23-35-63-29-11-17-43-73(63)79/h3-49,52-55,66H,50-51,56-57H2,1-2H3. The predicted molar refractivity (Wildman–Crippen MR) is 393 cm³/mol. The topological polar surface area (TPSA) is 60.4 Å². The second kappa shape index (κ2) is 22.5. The van der Waals surface area contributed by atoms with Gasteiger partial charge in [0.1, 0.15) is 5.78 Å². The molecular weight excluding hydrogens is 1190 g/mol. The highest BCUT2D eigenvalue weighted by atomic mass is 32.3. The summed E-state index contributed by atoms with van der Waals surface area (Å²) in [5.74, 6) is -0.427. The zero-order chi connectivity index (χ0) is 63.3.